The first-order chi connectivity index (χ1) is 29.8. The summed E-state index contributed by atoms with van der Waals surface area (Å²) in [5, 5.41) is 22.9. The molecule has 6 N–H and O–H groups in total. The van der Waals surface area contributed by atoms with Crippen LogP contribution < -0.4 is 30.4 Å². The summed E-state index contributed by atoms with van der Waals surface area (Å²) in [6.07, 6.45) is 2.98. The summed E-state index contributed by atoms with van der Waals surface area (Å²) in [6, 6.07) is 21.6. The molecule has 5 heterocycles. The van der Waals surface area contributed by atoms with Crippen LogP contribution in [0.3, 0.4) is 0 Å². The van der Waals surface area contributed by atoms with Crippen LogP contribution in [-0.4, -0.2) is 109 Å². The fourth-order valence-corrected chi connectivity index (χ4v) is 9.67. The van der Waals surface area contributed by atoms with Gasteiger partial charge in [-0.15, -0.1) is 0 Å². The Morgan fingerprint density at radius 3 is 1.37 bits per heavy atom. The number of amides is 2. The Hall–Kier alpha value is -4.64. The summed E-state index contributed by atoms with van der Waals surface area (Å²) in [7, 11) is 0. The van der Waals surface area contributed by atoms with E-state index in [-0.39, 0.29) is 57.4 Å². The van der Waals surface area contributed by atoms with E-state index in [1.807, 2.05) is 24.3 Å². The van der Waals surface area contributed by atoms with Crippen LogP contribution in [0.2, 0.25) is 10.0 Å². The van der Waals surface area contributed by atoms with Gasteiger partial charge in [0, 0.05) is 82.4 Å². The lowest BCUT2D eigenvalue weighted by Gasteiger charge is -2.40. The lowest BCUT2D eigenvalue weighted by molar-refractivity contribution is -0.374. The van der Waals surface area contributed by atoms with Crippen molar-refractivity contribution in [2.45, 2.75) is 61.2 Å². The van der Waals surface area contributed by atoms with E-state index in [1.165, 1.54) is 12.1 Å². The Labute approximate surface area is 369 Å². The lowest BCUT2D eigenvalue weighted by atomic mass is 9.74. The van der Waals surface area contributed by atoms with E-state index in [4.69, 9.17) is 63.1 Å². The molecule has 4 aromatic carbocycles. The number of nitrogens with two attached hydrogens (primary N) is 2. The number of fused-ring (bicyclic) bond motifs is 4. The third-order valence-corrected chi connectivity index (χ3v) is 13.5. The number of carbonyl (C=O) groups excluding carboxylic acids is 2. The maximum Gasteiger partial charge on any atom is 0.254 e. The van der Waals surface area contributed by atoms with E-state index in [2.05, 4.69) is 12.1 Å². The van der Waals surface area contributed by atoms with Gasteiger partial charge < -0.3 is 59.9 Å². The third-order valence-electron chi connectivity index (χ3n) is 13.0. The summed E-state index contributed by atoms with van der Waals surface area (Å²) in [4.78, 5) is 31.0. The molecule has 4 aromatic rings. The Morgan fingerprint density at radius 2 is 1.00 bits per heavy atom. The molecule has 328 valence electrons. The van der Waals surface area contributed by atoms with Gasteiger partial charge in [-0.25, -0.2) is 0 Å². The Balaban J connectivity index is 0.760. The number of rotatable bonds is 10. The second-order valence-corrected chi connectivity index (χ2v) is 18.1. The van der Waals surface area contributed by atoms with Gasteiger partial charge in [0.15, 0.2) is 0 Å². The average molecular weight is 890 g/mol. The fourth-order valence-electron chi connectivity index (χ4n) is 9.22. The molecule has 16 heteroatoms. The molecular formula is C46H50Cl2N4O10. The van der Waals surface area contributed by atoms with Crippen molar-refractivity contribution in [2.24, 2.45) is 11.5 Å². The quantitative estimate of drug-likeness (QED) is 0.169. The number of aliphatic hydroxyl groups is 2. The first kappa shape index (κ1) is 42.7. The number of hydrogen-bond donors (Lipinski definition) is 4. The van der Waals surface area contributed by atoms with Crippen LogP contribution in [-0.2, 0) is 33.4 Å². The van der Waals surface area contributed by atoms with Crippen molar-refractivity contribution in [1.29, 1.82) is 0 Å². The Kier molecular flexibility index (Phi) is 11.6. The molecule has 62 heavy (non-hydrogen) atoms. The Morgan fingerprint density at radius 1 is 0.597 bits per heavy atom. The zero-order valence-electron chi connectivity index (χ0n) is 34.2. The van der Waals surface area contributed by atoms with Gasteiger partial charge in [-0.3, -0.25) is 9.59 Å². The molecule has 0 aromatic heterocycles. The van der Waals surface area contributed by atoms with Crippen molar-refractivity contribution in [2.75, 3.05) is 65.8 Å². The third kappa shape index (κ3) is 8.42. The van der Waals surface area contributed by atoms with Gasteiger partial charge >= 0.3 is 0 Å². The summed E-state index contributed by atoms with van der Waals surface area (Å²) in [6.45, 7) is 2.48. The molecule has 2 atom stereocenters. The summed E-state index contributed by atoms with van der Waals surface area (Å²) in [5.74, 6) is -2.00. The van der Waals surface area contributed by atoms with Crippen molar-refractivity contribution in [3.05, 3.63) is 116 Å². The fraction of sp³-hybridized carbons (Fsp3) is 0.435. The largest absolute Gasteiger partial charge is 0.492 e. The molecule has 0 unspecified atom stereocenters. The van der Waals surface area contributed by atoms with Crippen molar-refractivity contribution < 1.29 is 48.2 Å². The van der Waals surface area contributed by atoms with Crippen LogP contribution >= 0.6 is 23.2 Å². The first-order valence-electron chi connectivity index (χ1n) is 20.9. The smallest absolute Gasteiger partial charge is 0.254 e. The number of likely N-dealkylation sites (tertiary alicyclic amines) is 2. The van der Waals surface area contributed by atoms with Gasteiger partial charge in [-0.1, -0.05) is 47.5 Å². The standard InChI is InChI=1S/C46H50Cl2N4O10/c47-33-15-31(41(53)51-9-5-43(6-10-51)23-59-39-3-1-29(21-49)13-37(39)43)17-35(19-33)57-25-45(55)27-62-46(56,28-61-45)26-58-36-18-32(16-34(48)20-36)42(54)52-11-7-44(8-12-52)24-60-40-4-2-30(22-50)14-38(40)44/h1-4,13-20,55-56H,5-12,21-28,49-50H2/t45-,46+. The van der Waals surface area contributed by atoms with Crippen molar-refractivity contribution >= 4 is 35.0 Å². The number of hydrogen-bond acceptors (Lipinski definition) is 12. The van der Waals surface area contributed by atoms with Crippen LogP contribution in [0.15, 0.2) is 72.8 Å². The molecular weight excluding hydrogens is 839 g/mol. The number of benzene rings is 4. The highest BCUT2D eigenvalue weighted by Crippen LogP contribution is 2.47. The number of nitrogens with zero attached hydrogens (tertiary/aromatic N) is 2. The van der Waals surface area contributed by atoms with Crippen LogP contribution in [0.5, 0.6) is 23.0 Å². The second kappa shape index (κ2) is 16.8. The Bertz CT molecular complexity index is 2190. The molecule has 5 aliphatic heterocycles. The maximum absolute atomic E-state index is 13.7. The topological polar surface area (TPSA) is 188 Å². The molecule has 2 amide bonds. The minimum absolute atomic E-state index is 0.163. The molecule has 14 nitrogen and oxygen atoms in total. The van der Waals surface area contributed by atoms with Gasteiger partial charge in [0.1, 0.15) is 49.4 Å². The summed E-state index contributed by atoms with van der Waals surface area (Å²) in [5.41, 5.74) is 16.6. The van der Waals surface area contributed by atoms with E-state index in [0.29, 0.717) is 63.6 Å². The molecule has 0 aliphatic carbocycles. The predicted octanol–water partition coefficient (Wildman–Crippen LogP) is 4.93. The van der Waals surface area contributed by atoms with Gasteiger partial charge in [-0.05, 0) is 85.3 Å². The van der Waals surface area contributed by atoms with Gasteiger partial charge in [-0.2, -0.15) is 0 Å². The molecule has 3 fully saturated rings. The van der Waals surface area contributed by atoms with Crippen LogP contribution in [0.1, 0.15) is 68.7 Å². The predicted molar refractivity (Wildman–Crippen MR) is 229 cm³/mol. The average Bonchev–Trinajstić information content (AvgIpc) is 3.82. The number of ether oxygens (including phenoxy) is 6. The van der Waals surface area contributed by atoms with Gasteiger partial charge in [0.25, 0.3) is 11.8 Å². The van der Waals surface area contributed by atoms with Crippen LogP contribution in [0.25, 0.3) is 0 Å². The van der Waals surface area contributed by atoms with Crippen molar-refractivity contribution in [1.82, 2.24) is 9.80 Å². The van der Waals surface area contributed by atoms with Gasteiger partial charge in [0.05, 0.1) is 13.2 Å². The molecule has 0 saturated carbocycles. The second-order valence-electron chi connectivity index (χ2n) is 17.2. The van der Waals surface area contributed by atoms with Crippen molar-refractivity contribution in [3.8, 4) is 23.0 Å². The molecule has 9 rings (SSSR count). The number of carbonyl (C=O) groups is 2. The zero-order valence-corrected chi connectivity index (χ0v) is 35.7. The molecule has 0 bridgehead atoms. The number of piperidine rings is 2. The molecule has 2 spiro atoms. The van der Waals surface area contributed by atoms with Crippen molar-refractivity contribution in [3.63, 3.8) is 0 Å². The van der Waals surface area contributed by atoms with Gasteiger partial charge in [0.2, 0.25) is 11.6 Å². The SMILES string of the molecule is NCc1ccc2c(c1)C1(CCN(C(=O)c3cc(Cl)cc(OC[C@@]4(O)CO[C@](O)(COc5cc(Cl)cc(C(=O)N6CCC7(CC6)COc6ccc(CN)cc67)c5)CO4)c3)CC1)CO2. The van der Waals surface area contributed by atoms with E-state index in [9.17, 15) is 19.8 Å². The minimum atomic E-state index is -1.94. The first-order valence-corrected chi connectivity index (χ1v) is 21.7. The highest BCUT2D eigenvalue weighted by molar-refractivity contribution is 6.31. The van der Waals surface area contributed by atoms with E-state index in [0.717, 1.165) is 59.4 Å². The summed E-state index contributed by atoms with van der Waals surface area (Å²) >= 11 is 12.9. The highest BCUT2D eigenvalue weighted by atomic mass is 35.5. The monoisotopic (exact) mass is 888 g/mol. The highest BCUT2D eigenvalue weighted by Gasteiger charge is 2.47. The molecule has 3 saturated heterocycles. The van der Waals surface area contributed by atoms with Crippen LogP contribution in [0, 0.1) is 0 Å². The normalized spacial score (nSPS) is 23.4. The molecule has 0 radical (unpaired) electrons. The van der Waals surface area contributed by atoms with E-state index < -0.39 is 24.8 Å². The zero-order chi connectivity index (χ0) is 43.3. The maximum atomic E-state index is 13.7. The van der Waals surface area contributed by atoms with E-state index in [1.54, 1.807) is 34.1 Å². The minimum Gasteiger partial charge on any atom is -0.492 e. The van der Waals surface area contributed by atoms with E-state index >= 15 is 0 Å². The summed E-state index contributed by atoms with van der Waals surface area (Å²) < 4.78 is 35.2. The lowest BCUT2D eigenvalue weighted by Crippen LogP contribution is -2.58. The number of halogens is 2. The van der Waals surface area contributed by atoms with Crippen LogP contribution in [0.4, 0.5) is 0 Å². The molecule has 5 aliphatic rings.